The molecule has 0 heterocycles. The van der Waals surface area contributed by atoms with E-state index in [-0.39, 0.29) is 5.91 Å². The minimum absolute atomic E-state index is 0.0634. The van der Waals surface area contributed by atoms with Crippen LogP contribution in [-0.2, 0) is 0 Å². The zero-order valence-corrected chi connectivity index (χ0v) is 8.47. The van der Waals surface area contributed by atoms with Gasteiger partial charge in [-0.1, -0.05) is 18.2 Å². The summed E-state index contributed by atoms with van der Waals surface area (Å²) in [5.41, 5.74) is 0.649. The SMILES string of the molecule is C[C@@H](O)CN(C)C(=O)c1ccccc1. The molecule has 0 spiro atoms. The number of hydrogen-bond acceptors (Lipinski definition) is 2. The van der Waals surface area contributed by atoms with Crippen LogP contribution in [0.15, 0.2) is 30.3 Å². The second kappa shape index (κ2) is 4.77. The fraction of sp³-hybridized carbons (Fsp3) is 0.364. The Morgan fingerprint density at radius 1 is 1.43 bits per heavy atom. The molecule has 0 unspecified atom stereocenters. The normalized spacial score (nSPS) is 12.2. The number of aliphatic hydroxyl groups excluding tert-OH is 1. The number of nitrogens with zero attached hydrogens (tertiary/aromatic N) is 1. The molecular formula is C11H15NO2. The van der Waals surface area contributed by atoms with Crippen LogP contribution in [0.25, 0.3) is 0 Å². The highest BCUT2D eigenvalue weighted by atomic mass is 16.3. The van der Waals surface area contributed by atoms with E-state index in [4.69, 9.17) is 5.11 Å². The Labute approximate surface area is 84.0 Å². The third kappa shape index (κ3) is 2.85. The molecule has 0 fully saturated rings. The molecule has 0 aromatic heterocycles. The lowest BCUT2D eigenvalue weighted by molar-refractivity contribution is 0.0703. The highest BCUT2D eigenvalue weighted by molar-refractivity contribution is 5.93. The van der Waals surface area contributed by atoms with Gasteiger partial charge in [0.25, 0.3) is 5.91 Å². The maximum Gasteiger partial charge on any atom is 0.253 e. The van der Waals surface area contributed by atoms with Crippen LogP contribution < -0.4 is 0 Å². The topological polar surface area (TPSA) is 40.5 Å². The van der Waals surface area contributed by atoms with Crippen molar-refractivity contribution in [3.8, 4) is 0 Å². The Morgan fingerprint density at radius 2 is 2.00 bits per heavy atom. The Balaban J connectivity index is 2.66. The molecule has 1 aromatic rings. The van der Waals surface area contributed by atoms with Gasteiger partial charge in [0, 0.05) is 19.2 Å². The molecule has 3 heteroatoms. The number of likely N-dealkylation sites (N-methyl/N-ethyl adjacent to an activating group) is 1. The van der Waals surface area contributed by atoms with E-state index in [1.54, 1.807) is 26.1 Å². The zero-order valence-electron chi connectivity index (χ0n) is 8.47. The number of aliphatic hydroxyl groups is 1. The summed E-state index contributed by atoms with van der Waals surface area (Å²) in [4.78, 5) is 13.2. The third-order valence-electron chi connectivity index (χ3n) is 1.91. The van der Waals surface area contributed by atoms with Crippen LogP contribution in [0.2, 0.25) is 0 Å². The minimum Gasteiger partial charge on any atom is -0.392 e. The van der Waals surface area contributed by atoms with Gasteiger partial charge < -0.3 is 10.0 Å². The summed E-state index contributed by atoms with van der Waals surface area (Å²) in [5.74, 6) is -0.0634. The summed E-state index contributed by atoms with van der Waals surface area (Å²) in [6, 6.07) is 9.04. The highest BCUT2D eigenvalue weighted by Crippen LogP contribution is 2.03. The predicted octanol–water partition coefficient (Wildman–Crippen LogP) is 1.14. The molecule has 0 aliphatic rings. The summed E-state index contributed by atoms with van der Waals surface area (Å²) < 4.78 is 0. The van der Waals surface area contributed by atoms with Crippen LogP contribution in [0.3, 0.4) is 0 Å². The van der Waals surface area contributed by atoms with E-state index in [0.29, 0.717) is 12.1 Å². The van der Waals surface area contributed by atoms with E-state index in [1.807, 2.05) is 18.2 Å². The van der Waals surface area contributed by atoms with Crippen molar-refractivity contribution in [2.24, 2.45) is 0 Å². The zero-order chi connectivity index (χ0) is 10.6. The van der Waals surface area contributed by atoms with E-state index >= 15 is 0 Å². The lowest BCUT2D eigenvalue weighted by atomic mass is 10.2. The lowest BCUT2D eigenvalue weighted by Crippen LogP contribution is -2.32. The summed E-state index contributed by atoms with van der Waals surface area (Å²) in [6.07, 6.45) is -0.493. The molecule has 1 N–H and O–H groups in total. The molecule has 0 aliphatic carbocycles. The first kappa shape index (κ1) is 10.7. The molecule has 14 heavy (non-hydrogen) atoms. The smallest absolute Gasteiger partial charge is 0.253 e. The number of carbonyl (C=O) groups excluding carboxylic acids is 1. The van der Waals surface area contributed by atoms with Gasteiger partial charge in [-0.25, -0.2) is 0 Å². The molecule has 1 amide bonds. The quantitative estimate of drug-likeness (QED) is 0.782. The monoisotopic (exact) mass is 193 g/mol. The van der Waals surface area contributed by atoms with Crippen LogP contribution in [0.5, 0.6) is 0 Å². The minimum atomic E-state index is -0.493. The first-order valence-electron chi connectivity index (χ1n) is 4.60. The average molecular weight is 193 g/mol. The van der Waals surface area contributed by atoms with Gasteiger partial charge >= 0.3 is 0 Å². The second-order valence-electron chi connectivity index (χ2n) is 3.40. The van der Waals surface area contributed by atoms with Crippen molar-refractivity contribution >= 4 is 5.91 Å². The van der Waals surface area contributed by atoms with Crippen LogP contribution >= 0.6 is 0 Å². The molecule has 1 aromatic carbocycles. The van der Waals surface area contributed by atoms with Gasteiger partial charge in [0.15, 0.2) is 0 Å². The van der Waals surface area contributed by atoms with Gasteiger partial charge in [-0.15, -0.1) is 0 Å². The second-order valence-corrected chi connectivity index (χ2v) is 3.40. The van der Waals surface area contributed by atoms with Crippen LogP contribution in [0.4, 0.5) is 0 Å². The molecule has 0 aliphatic heterocycles. The average Bonchev–Trinajstić information content (AvgIpc) is 2.17. The van der Waals surface area contributed by atoms with Crippen LogP contribution in [0.1, 0.15) is 17.3 Å². The van der Waals surface area contributed by atoms with Gasteiger partial charge in [0.05, 0.1) is 6.10 Å². The molecule has 0 saturated carbocycles. The molecule has 0 saturated heterocycles. The van der Waals surface area contributed by atoms with Gasteiger partial charge in [0.2, 0.25) is 0 Å². The Hall–Kier alpha value is -1.35. The van der Waals surface area contributed by atoms with E-state index < -0.39 is 6.10 Å². The first-order chi connectivity index (χ1) is 6.61. The van der Waals surface area contributed by atoms with Crippen LogP contribution in [-0.4, -0.2) is 35.6 Å². The number of hydrogen-bond donors (Lipinski definition) is 1. The third-order valence-corrected chi connectivity index (χ3v) is 1.91. The van der Waals surface area contributed by atoms with E-state index in [9.17, 15) is 4.79 Å². The van der Waals surface area contributed by atoms with Crippen molar-refractivity contribution in [1.82, 2.24) is 4.90 Å². The van der Waals surface area contributed by atoms with Gasteiger partial charge in [-0.3, -0.25) is 4.79 Å². The molecule has 76 valence electrons. The summed E-state index contributed by atoms with van der Waals surface area (Å²) in [7, 11) is 1.68. The van der Waals surface area contributed by atoms with Crippen molar-refractivity contribution in [3.63, 3.8) is 0 Å². The van der Waals surface area contributed by atoms with Gasteiger partial charge in [-0.05, 0) is 19.1 Å². The van der Waals surface area contributed by atoms with E-state index in [1.165, 1.54) is 4.90 Å². The van der Waals surface area contributed by atoms with Crippen molar-refractivity contribution in [2.45, 2.75) is 13.0 Å². The Morgan fingerprint density at radius 3 is 2.50 bits per heavy atom. The number of amides is 1. The van der Waals surface area contributed by atoms with Crippen molar-refractivity contribution in [2.75, 3.05) is 13.6 Å². The number of carbonyl (C=O) groups is 1. The standard InChI is InChI=1S/C11H15NO2/c1-9(13)8-12(2)11(14)10-6-4-3-5-7-10/h3-7,9,13H,8H2,1-2H3/t9-/m1/s1. The summed E-state index contributed by atoms with van der Waals surface area (Å²) in [5, 5.41) is 9.12. The molecule has 1 atom stereocenters. The van der Waals surface area contributed by atoms with Crippen molar-refractivity contribution < 1.29 is 9.90 Å². The predicted molar refractivity (Wildman–Crippen MR) is 55.1 cm³/mol. The fourth-order valence-electron chi connectivity index (χ4n) is 1.28. The van der Waals surface area contributed by atoms with E-state index in [2.05, 4.69) is 0 Å². The highest BCUT2D eigenvalue weighted by Gasteiger charge is 2.12. The van der Waals surface area contributed by atoms with Gasteiger partial charge in [0.1, 0.15) is 0 Å². The lowest BCUT2D eigenvalue weighted by Gasteiger charge is -2.18. The first-order valence-corrected chi connectivity index (χ1v) is 4.60. The molecule has 0 radical (unpaired) electrons. The fourth-order valence-corrected chi connectivity index (χ4v) is 1.28. The number of benzene rings is 1. The van der Waals surface area contributed by atoms with Crippen molar-refractivity contribution in [1.29, 1.82) is 0 Å². The maximum atomic E-state index is 11.7. The Bertz CT molecular complexity index is 295. The van der Waals surface area contributed by atoms with Crippen LogP contribution in [0, 0.1) is 0 Å². The number of rotatable bonds is 3. The van der Waals surface area contributed by atoms with Gasteiger partial charge in [-0.2, -0.15) is 0 Å². The van der Waals surface area contributed by atoms with Crippen molar-refractivity contribution in [3.05, 3.63) is 35.9 Å². The molecule has 1 rings (SSSR count). The molecular weight excluding hydrogens is 178 g/mol. The summed E-state index contributed by atoms with van der Waals surface area (Å²) in [6.45, 7) is 2.02. The summed E-state index contributed by atoms with van der Waals surface area (Å²) >= 11 is 0. The Kier molecular flexibility index (Phi) is 3.65. The van der Waals surface area contributed by atoms with E-state index in [0.717, 1.165) is 0 Å². The maximum absolute atomic E-state index is 11.7. The molecule has 0 bridgehead atoms. The molecule has 3 nitrogen and oxygen atoms in total. The largest absolute Gasteiger partial charge is 0.392 e.